The zero-order valence-corrected chi connectivity index (χ0v) is 20.2. The molecule has 1 heterocycles. The van der Waals surface area contributed by atoms with Gasteiger partial charge in [-0.25, -0.2) is 0 Å². The molecule has 0 bridgehead atoms. The number of amides is 2. The van der Waals surface area contributed by atoms with Crippen molar-refractivity contribution in [2.24, 2.45) is 0 Å². The van der Waals surface area contributed by atoms with Crippen LogP contribution in [0.1, 0.15) is 47.7 Å². The van der Waals surface area contributed by atoms with E-state index in [4.69, 9.17) is 16.0 Å². The molecule has 0 radical (unpaired) electrons. The lowest BCUT2D eigenvalue weighted by Crippen LogP contribution is -2.46. The predicted molar refractivity (Wildman–Crippen MR) is 131 cm³/mol. The van der Waals surface area contributed by atoms with Crippen LogP contribution in [0, 0.1) is 6.92 Å². The summed E-state index contributed by atoms with van der Waals surface area (Å²) in [7, 11) is 0. The number of furan rings is 1. The maximum atomic E-state index is 13.5. The van der Waals surface area contributed by atoms with Crippen molar-refractivity contribution in [2.75, 3.05) is 13.1 Å². The van der Waals surface area contributed by atoms with Crippen molar-refractivity contribution in [2.45, 2.75) is 46.2 Å². The van der Waals surface area contributed by atoms with Crippen LogP contribution in [0.25, 0.3) is 0 Å². The number of carbonyl (C=O) groups is 2. The monoisotopic (exact) mass is 466 g/mol. The average Bonchev–Trinajstić information content (AvgIpc) is 3.24. The molecule has 1 aromatic heterocycles. The lowest BCUT2D eigenvalue weighted by Gasteiger charge is -2.31. The van der Waals surface area contributed by atoms with Crippen molar-refractivity contribution < 1.29 is 14.0 Å². The molecule has 3 rings (SSSR count). The van der Waals surface area contributed by atoms with Gasteiger partial charge in [-0.1, -0.05) is 48.9 Å². The maximum absolute atomic E-state index is 13.5. The molecule has 0 unspecified atom stereocenters. The van der Waals surface area contributed by atoms with E-state index < -0.39 is 0 Å². The topological polar surface area (TPSA) is 53.8 Å². The van der Waals surface area contributed by atoms with E-state index in [0.29, 0.717) is 23.7 Å². The molecule has 3 aromatic rings. The molecule has 174 valence electrons. The summed E-state index contributed by atoms with van der Waals surface area (Å²) >= 11 is 5.98. The molecule has 0 aliphatic carbocycles. The molecule has 2 amide bonds. The number of benzene rings is 2. The number of halogens is 1. The van der Waals surface area contributed by atoms with Gasteiger partial charge in [0.2, 0.25) is 5.91 Å². The van der Waals surface area contributed by atoms with E-state index in [-0.39, 0.29) is 24.4 Å². The van der Waals surface area contributed by atoms with E-state index in [1.807, 2.05) is 51.1 Å². The van der Waals surface area contributed by atoms with E-state index in [1.165, 1.54) is 0 Å². The van der Waals surface area contributed by atoms with Gasteiger partial charge < -0.3 is 14.2 Å². The normalized spacial score (nSPS) is 11.8. The van der Waals surface area contributed by atoms with Gasteiger partial charge in [0.15, 0.2) is 0 Å². The van der Waals surface area contributed by atoms with Gasteiger partial charge in [0.25, 0.3) is 5.91 Å². The van der Waals surface area contributed by atoms with Crippen molar-refractivity contribution in [1.82, 2.24) is 9.80 Å². The third-order valence-electron chi connectivity index (χ3n) is 5.79. The van der Waals surface area contributed by atoms with Crippen LogP contribution in [-0.4, -0.2) is 40.7 Å². The molecule has 0 aliphatic rings. The molecule has 5 nitrogen and oxygen atoms in total. The fraction of sp³-hybridized carbons (Fsp3) is 0.333. The van der Waals surface area contributed by atoms with Gasteiger partial charge in [0.05, 0.1) is 6.54 Å². The van der Waals surface area contributed by atoms with E-state index >= 15 is 0 Å². The van der Waals surface area contributed by atoms with Crippen molar-refractivity contribution >= 4 is 23.4 Å². The van der Waals surface area contributed by atoms with Crippen LogP contribution < -0.4 is 0 Å². The summed E-state index contributed by atoms with van der Waals surface area (Å²) in [5.74, 6) is 1.25. The largest absolute Gasteiger partial charge is 0.464 e. The second-order valence-corrected chi connectivity index (χ2v) is 8.70. The van der Waals surface area contributed by atoms with Crippen LogP contribution in [0.4, 0.5) is 0 Å². The van der Waals surface area contributed by atoms with E-state index in [1.54, 1.807) is 34.1 Å². The zero-order valence-electron chi connectivity index (χ0n) is 19.5. The summed E-state index contributed by atoms with van der Waals surface area (Å²) in [6.45, 7) is 6.76. The Morgan fingerprint density at radius 1 is 1.00 bits per heavy atom. The first kappa shape index (κ1) is 24.6. The Morgan fingerprint density at radius 3 is 2.30 bits per heavy atom. The smallest absolute Gasteiger partial charge is 0.254 e. The van der Waals surface area contributed by atoms with Gasteiger partial charge in [-0.05, 0) is 68.7 Å². The van der Waals surface area contributed by atoms with Gasteiger partial charge in [-0.15, -0.1) is 0 Å². The number of hydrogen-bond acceptors (Lipinski definition) is 3. The van der Waals surface area contributed by atoms with Crippen molar-refractivity contribution in [1.29, 1.82) is 0 Å². The van der Waals surface area contributed by atoms with E-state index in [2.05, 4.69) is 12.1 Å². The highest BCUT2D eigenvalue weighted by atomic mass is 35.5. The number of carbonyl (C=O) groups excluding carboxylic acids is 2. The Balaban J connectivity index is 1.78. The van der Waals surface area contributed by atoms with Gasteiger partial charge in [0.1, 0.15) is 18.1 Å². The summed E-state index contributed by atoms with van der Waals surface area (Å²) in [4.78, 5) is 30.1. The molecular weight excluding hydrogens is 436 g/mol. The Kier molecular flexibility index (Phi) is 8.72. The second-order valence-electron chi connectivity index (χ2n) is 8.26. The molecule has 2 aromatic carbocycles. The Morgan fingerprint density at radius 2 is 1.70 bits per heavy atom. The minimum Gasteiger partial charge on any atom is -0.464 e. The second kappa shape index (κ2) is 11.7. The summed E-state index contributed by atoms with van der Waals surface area (Å²) < 4.78 is 5.73. The third-order valence-corrected chi connectivity index (χ3v) is 6.04. The minimum atomic E-state index is -0.175. The fourth-order valence-electron chi connectivity index (χ4n) is 3.61. The van der Waals surface area contributed by atoms with Crippen molar-refractivity contribution in [3.63, 3.8) is 0 Å². The Bertz CT molecular complexity index is 1050. The first-order valence-corrected chi connectivity index (χ1v) is 11.7. The molecule has 33 heavy (non-hydrogen) atoms. The SMILES string of the molecule is CC[C@@H](C)N(CC(=O)N(CCc1ccccc1)Cc1ccc(C)o1)C(=O)c1ccc(Cl)cc1. The standard InChI is InChI=1S/C27H31ClN2O3/c1-4-20(2)30(27(32)23-11-13-24(28)14-12-23)19-26(31)29(18-25-15-10-21(3)33-25)17-16-22-8-6-5-7-9-22/h5-15,20H,4,16-19H2,1-3H3/t20-/m1/s1. The van der Waals surface area contributed by atoms with Gasteiger partial charge >= 0.3 is 0 Å². The quantitative estimate of drug-likeness (QED) is 0.382. The summed E-state index contributed by atoms with van der Waals surface area (Å²) in [5.41, 5.74) is 1.67. The molecule has 0 saturated carbocycles. The highest BCUT2D eigenvalue weighted by Crippen LogP contribution is 2.16. The van der Waals surface area contributed by atoms with Gasteiger partial charge in [0, 0.05) is 23.2 Å². The lowest BCUT2D eigenvalue weighted by atomic mass is 10.1. The number of hydrogen-bond donors (Lipinski definition) is 0. The Labute approximate surface area is 201 Å². The minimum absolute atomic E-state index is 0.00491. The summed E-state index contributed by atoms with van der Waals surface area (Å²) in [6.07, 6.45) is 1.47. The van der Waals surface area contributed by atoms with Crippen LogP contribution in [0.3, 0.4) is 0 Å². The van der Waals surface area contributed by atoms with Crippen LogP contribution in [-0.2, 0) is 17.8 Å². The molecule has 0 aliphatic heterocycles. The highest BCUT2D eigenvalue weighted by Gasteiger charge is 2.26. The first-order chi connectivity index (χ1) is 15.9. The zero-order chi connectivity index (χ0) is 23.8. The van der Waals surface area contributed by atoms with E-state index in [9.17, 15) is 9.59 Å². The van der Waals surface area contributed by atoms with Crippen LogP contribution in [0.2, 0.25) is 5.02 Å². The van der Waals surface area contributed by atoms with Crippen LogP contribution in [0.15, 0.2) is 71.1 Å². The fourth-order valence-corrected chi connectivity index (χ4v) is 3.74. The third kappa shape index (κ3) is 6.96. The van der Waals surface area contributed by atoms with Crippen molar-refractivity contribution in [3.05, 3.63) is 94.4 Å². The average molecular weight is 467 g/mol. The number of aryl methyl sites for hydroxylation is 1. The molecule has 1 atom stereocenters. The summed E-state index contributed by atoms with van der Waals surface area (Å²) in [5, 5.41) is 0.568. The van der Waals surface area contributed by atoms with Crippen LogP contribution >= 0.6 is 11.6 Å². The lowest BCUT2D eigenvalue weighted by molar-refractivity contribution is -0.133. The predicted octanol–water partition coefficient (Wildman–Crippen LogP) is 5.75. The van der Waals surface area contributed by atoms with E-state index in [0.717, 1.165) is 29.9 Å². The summed E-state index contributed by atoms with van der Waals surface area (Å²) in [6, 6.07) is 20.5. The number of nitrogens with zero attached hydrogens (tertiary/aromatic N) is 2. The van der Waals surface area contributed by atoms with Gasteiger partial charge in [-0.2, -0.15) is 0 Å². The van der Waals surface area contributed by atoms with Gasteiger partial charge in [-0.3, -0.25) is 9.59 Å². The highest BCUT2D eigenvalue weighted by molar-refractivity contribution is 6.30. The number of rotatable bonds is 10. The molecule has 0 spiro atoms. The maximum Gasteiger partial charge on any atom is 0.254 e. The molecular formula is C27H31ClN2O3. The molecule has 0 saturated heterocycles. The first-order valence-electron chi connectivity index (χ1n) is 11.3. The van der Waals surface area contributed by atoms with Crippen LogP contribution in [0.5, 0.6) is 0 Å². The van der Waals surface area contributed by atoms with Crippen molar-refractivity contribution in [3.8, 4) is 0 Å². The Hall–Kier alpha value is -3.05. The molecule has 0 N–H and O–H groups in total. The molecule has 6 heteroatoms. The molecule has 0 fully saturated rings.